The SMILES string of the molecule is C/C(=C\c1cc(F)cc(N(C)C2CCN(S(C)(=O)=O)CC2)c1)[C@H]1C(=O)C(=O)C[C@H](O)CC[C@H](C)[C@@H](OC(=O)N2CCN(C)CC2)/C=C/[C@@H]1C. The normalized spacial score (nSPS) is 28.4. The van der Waals surface area contributed by atoms with Crippen molar-refractivity contribution in [3.8, 4) is 0 Å². The third-order valence-electron chi connectivity index (χ3n) is 10.3. The number of nitrogens with zero attached hydrogens (tertiary/aromatic N) is 4. The maximum atomic E-state index is 15.0. The van der Waals surface area contributed by atoms with Crippen molar-refractivity contribution in [1.82, 2.24) is 14.1 Å². The van der Waals surface area contributed by atoms with Crippen LogP contribution in [0.3, 0.4) is 0 Å². The van der Waals surface area contributed by atoms with E-state index in [-0.39, 0.29) is 24.8 Å². The van der Waals surface area contributed by atoms with Gasteiger partial charge < -0.3 is 24.5 Å². The highest BCUT2D eigenvalue weighted by atomic mass is 32.2. The van der Waals surface area contributed by atoms with E-state index in [9.17, 15) is 27.9 Å². The lowest BCUT2D eigenvalue weighted by Crippen LogP contribution is -2.48. The number of hydrogen-bond acceptors (Lipinski definition) is 9. The Morgan fingerprint density at radius 2 is 1.65 bits per heavy atom. The molecule has 2 saturated heterocycles. The van der Waals surface area contributed by atoms with Crippen LogP contribution in [-0.4, -0.2) is 123 Å². The van der Waals surface area contributed by atoms with Crippen molar-refractivity contribution in [1.29, 1.82) is 0 Å². The Kier molecular flexibility index (Phi) is 13.2. The largest absolute Gasteiger partial charge is 0.442 e. The number of Topliss-reactive ketones (excluding diaryl/α,β-unsaturated/α-hetero) is 2. The van der Waals surface area contributed by atoms with E-state index in [0.717, 1.165) is 13.1 Å². The summed E-state index contributed by atoms with van der Waals surface area (Å²) >= 11 is 0. The quantitative estimate of drug-likeness (QED) is 0.346. The Balaban J connectivity index is 1.58. The van der Waals surface area contributed by atoms with E-state index in [1.165, 1.54) is 22.7 Å². The van der Waals surface area contributed by atoms with Crippen LogP contribution in [0.5, 0.6) is 0 Å². The van der Waals surface area contributed by atoms with Crippen molar-refractivity contribution < 1.29 is 37.0 Å². The van der Waals surface area contributed by atoms with Crippen LogP contribution in [0.4, 0.5) is 14.9 Å². The average molecular weight is 705 g/mol. The molecule has 13 heteroatoms. The number of ether oxygens (including phenoxy) is 1. The van der Waals surface area contributed by atoms with Gasteiger partial charge in [0.1, 0.15) is 11.9 Å². The monoisotopic (exact) mass is 704 g/mol. The Hall–Kier alpha value is -3.13. The van der Waals surface area contributed by atoms with E-state index in [1.807, 2.05) is 45.0 Å². The number of halogens is 1. The van der Waals surface area contributed by atoms with E-state index in [1.54, 1.807) is 24.0 Å². The molecule has 2 heterocycles. The van der Waals surface area contributed by atoms with Crippen LogP contribution in [0.25, 0.3) is 6.08 Å². The number of likely N-dealkylation sites (N-methyl/N-ethyl adjacent to an activating group) is 1. The fourth-order valence-electron chi connectivity index (χ4n) is 7.00. The van der Waals surface area contributed by atoms with E-state index in [4.69, 9.17) is 4.74 Å². The second kappa shape index (κ2) is 16.7. The number of amides is 1. The Labute approximate surface area is 290 Å². The van der Waals surface area contributed by atoms with Gasteiger partial charge in [0.25, 0.3) is 0 Å². The Morgan fingerprint density at radius 3 is 2.29 bits per heavy atom. The smallest absolute Gasteiger partial charge is 0.410 e. The molecule has 0 unspecified atom stereocenters. The van der Waals surface area contributed by atoms with Gasteiger partial charge in [-0.3, -0.25) is 9.59 Å². The van der Waals surface area contributed by atoms with Gasteiger partial charge in [-0.05, 0) is 81.3 Å². The molecule has 3 aliphatic rings. The predicted octanol–water partition coefficient (Wildman–Crippen LogP) is 3.97. The Morgan fingerprint density at radius 1 is 1.00 bits per heavy atom. The highest BCUT2D eigenvalue weighted by molar-refractivity contribution is 7.88. The molecule has 4 rings (SSSR count). The molecule has 1 amide bonds. The van der Waals surface area contributed by atoms with Gasteiger partial charge >= 0.3 is 6.09 Å². The second-order valence-corrected chi connectivity index (χ2v) is 16.2. The predicted molar refractivity (Wildman–Crippen MR) is 188 cm³/mol. The summed E-state index contributed by atoms with van der Waals surface area (Å²) in [6.07, 6.45) is 6.19. The summed E-state index contributed by atoms with van der Waals surface area (Å²) in [5.74, 6) is -3.25. The highest BCUT2D eigenvalue weighted by Crippen LogP contribution is 2.31. The van der Waals surface area contributed by atoms with Gasteiger partial charge in [0.2, 0.25) is 21.6 Å². The average Bonchev–Trinajstić information content (AvgIpc) is 3.04. The minimum Gasteiger partial charge on any atom is -0.442 e. The van der Waals surface area contributed by atoms with Crippen molar-refractivity contribution in [2.45, 2.75) is 71.1 Å². The summed E-state index contributed by atoms with van der Waals surface area (Å²) < 4.78 is 46.4. The van der Waals surface area contributed by atoms with Crippen LogP contribution in [-0.2, 0) is 24.3 Å². The maximum Gasteiger partial charge on any atom is 0.410 e. The lowest BCUT2D eigenvalue weighted by molar-refractivity contribution is -0.140. The number of carbonyl (C=O) groups excluding carboxylic acids is 3. The van der Waals surface area contributed by atoms with Crippen LogP contribution in [0, 0.1) is 23.6 Å². The van der Waals surface area contributed by atoms with Crippen molar-refractivity contribution in [3.63, 3.8) is 0 Å². The molecule has 1 aromatic rings. The number of allylic oxidation sites excluding steroid dienone is 2. The zero-order chi connectivity index (χ0) is 36.0. The minimum absolute atomic E-state index is 0.0144. The zero-order valence-electron chi connectivity index (χ0n) is 29.7. The van der Waals surface area contributed by atoms with Gasteiger partial charge in [-0.1, -0.05) is 31.6 Å². The molecule has 0 saturated carbocycles. The summed E-state index contributed by atoms with van der Waals surface area (Å²) in [6, 6.07) is 4.63. The van der Waals surface area contributed by atoms with E-state index >= 15 is 4.39 Å². The number of piperidine rings is 1. The number of ketones is 2. The third kappa shape index (κ3) is 10.4. The molecule has 0 spiro atoms. The fourth-order valence-corrected chi connectivity index (χ4v) is 7.87. The number of piperazine rings is 1. The lowest BCUT2D eigenvalue weighted by Gasteiger charge is -2.37. The van der Waals surface area contributed by atoms with Gasteiger partial charge in [0.15, 0.2) is 0 Å². The first-order chi connectivity index (χ1) is 23.0. The molecule has 1 aliphatic carbocycles. The molecule has 49 heavy (non-hydrogen) atoms. The number of sulfonamides is 1. The van der Waals surface area contributed by atoms with Crippen LogP contribution in [0.1, 0.15) is 58.4 Å². The number of rotatable bonds is 6. The van der Waals surface area contributed by atoms with Crippen LogP contribution in [0.15, 0.2) is 35.9 Å². The number of aliphatic hydroxyl groups excluding tert-OH is 1. The molecular formula is C36H53FN4O7S. The summed E-state index contributed by atoms with van der Waals surface area (Å²) in [4.78, 5) is 45.7. The summed E-state index contributed by atoms with van der Waals surface area (Å²) in [5, 5.41) is 10.7. The van der Waals surface area contributed by atoms with E-state index < -0.39 is 57.5 Å². The zero-order valence-corrected chi connectivity index (χ0v) is 30.5. The molecule has 11 nitrogen and oxygen atoms in total. The van der Waals surface area contributed by atoms with E-state index in [2.05, 4.69) is 4.90 Å². The number of anilines is 1. The molecule has 0 radical (unpaired) electrons. The molecule has 0 bridgehead atoms. The summed E-state index contributed by atoms with van der Waals surface area (Å²) in [6.45, 7) is 8.93. The van der Waals surface area contributed by atoms with E-state index in [0.29, 0.717) is 62.3 Å². The van der Waals surface area contributed by atoms with Crippen molar-refractivity contribution in [2.75, 3.05) is 64.5 Å². The number of carbonyl (C=O) groups is 3. The number of benzene rings is 1. The standard InChI is InChI=1S/C36H53FN4O7S/c1-24-7-9-31(42)23-32(43)35(44)34(25(2)8-10-33(24)48-36(45)40-17-15-38(4)16-18-40)26(3)19-27-20-28(37)22-30(21-27)39(5)29-11-13-41(14-12-29)49(6,46)47/h8,10,19-22,24-25,29,31,33-34,42H,7,9,11-18,23H2,1-6H3/b10-8+,26-19+/t24-,25-,31+,33-,34-/m0/s1. The van der Waals surface area contributed by atoms with Gasteiger partial charge in [-0.2, -0.15) is 0 Å². The van der Waals surface area contributed by atoms with Gasteiger partial charge in [0.05, 0.1) is 18.3 Å². The lowest BCUT2D eigenvalue weighted by atomic mass is 9.79. The number of hydrogen-bond donors (Lipinski definition) is 1. The van der Waals surface area contributed by atoms with Gasteiger partial charge in [0, 0.05) is 64.5 Å². The Bertz CT molecular complexity index is 1520. The highest BCUT2D eigenvalue weighted by Gasteiger charge is 2.34. The molecule has 1 N–H and O–H groups in total. The first-order valence-corrected chi connectivity index (χ1v) is 19.1. The molecule has 2 aliphatic heterocycles. The minimum atomic E-state index is -3.27. The third-order valence-corrected chi connectivity index (χ3v) is 11.6. The molecule has 1 aromatic carbocycles. The van der Waals surface area contributed by atoms with Crippen molar-refractivity contribution >= 4 is 39.4 Å². The molecular weight excluding hydrogens is 651 g/mol. The number of aliphatic hydroxyl groups is 1. The summed E-state index contributed by atoms with van der Waals surface area (Å²) in [7, 11) is 0.592. The van der Waals surface area contributed by atoms with Crippen LogP contribution >= 0.6 is 0 Å². The van der Waals surface area contributed by atoms with Gasteiger partial charge in [-0.15, -0.1) is 0 Å². The maximum absolute atomic E-state index is 15.0. The topological polar surface area (TPSA) is 128 Å². The first kappa shape index (κ1) is 38.7. The van der Waals surface area contributed by atoms with Crippen LogP contribution in [0.2, 0.25) is 0 Å². The molecule has 2 fully saturated rings. The fraction of sp³-hybridized carbons (Fsp3) is 0.639. The molecule has 5 atom stereocenters. The van der Waals surface area contributed by atoms with Gasteiger partial charge in [-0.25, -0.2) is 21.9 Å². The molecule has 272 valence electrons. The van der Waals surface area contributed by atoms with Crippen molar-refractivity contribution in [2.24, 2.45) is 17.8 Å². The summed E-state index contributed by atoms with van der Waals surface area (Å²) in [5.41, 5.74) is 1.69. The second-order valence-electron chi connectivity index (χ2n) is 14.2. The first-order valence-electron chi connectivity index (χ1n) is 17.3. The van der Waals surface area contributed by atoms with Crippen molar-refractivity contribution in [3.05, 3.63) is 47.3 Å². The molecule has 0 aromatic heterocycles. The van der Waals surface area contributed by atoms with Crippen LogP contribution < -0.4 is 4.90 Å².